The summed E-state index contributed by atoms with van der Waals surface area (Å²) in [5.41, 5.74) is 1.27. The summed E-state index contributed by atoms with van der Waals surface area (Å²) in [5.74, 6) is -5.35. The van der Waals surface area contributed by atoms with Crippen molar-refractivity contribution in [3.05, 3.63) is 41.4 Å². The van der Waals surface area contributed by atoms with Gasteiger partial charge in [-0.15, -0.1) is 0 Å². The van der Waals surface area contributed by atoms with Gasteiger partial charge in [-0.1, -0.05) is 13.3 Å². The summed E-state index contributed by atoms with van der Waals surface area (Å²) < 4.78 is 49.3. The molecule has 0 fully saturated rings. The number of ether oxygens (including phenoxy) is 2. The summed E-state index contributed by atoms with van der Waals surface area (Å²) in [6, 6.07) is 1.29. The van der Waals surface area contributed by atoms with Gasteiger partial charge in [0.25, 0.3) is 0 Å². The summed E-state index contributed by atoms with van der Waals surface area (Å²) in [6.45, 7) is 2.10. The van der Waals surface area contributed by atoms with Crippen LogP contribution in [0.2, 0.25) is 0 Å². The van der Waals surface area contributed by atoms with Crippen LogP contribution in [0.1, 0.15) is 45.4 Å². The largest absolute Gasteiger partial charge is 0.498 e. The van der Waals surface area contributed by atoms with Gasteiger partial charge < -0.3 is 9.47 Å². The molecule has 0 saturated carbocycles. The Balaban J connectivity index is 1.80. The molecule has 1 aromatic carbocycles. The van der Waals surface area contributed by atoms with Gasteiger partial charge in [-0.3, -0.25) is 4.79 Å². The van der Waals surface area contributed by atoms with Crippen LogP contribution >= 0.6 is 0 Å². The number of esters is 1. The van der Waals surface area contributed by atoms with E-state index in [9.17, 15) is 18.0 Å². The number of halogens is 3. The fourth-order valence-electron chi connectivity index (χ4n) is 2.44. The average molecular weight is 328 g/mol. The molecule has 0 aromatic heterocycles. The lowest BCUT2D eigenvalue weighted by molar-refractivity contribution is -0.135. The zero-order valence-corrected chi connectivity index (χ0v) is 12.9. The number of hydrogen-bond acceptors (Lipinski definition) is 3. The maximum absolute atomic E-state index is 13.0. The highest BCUT2D eigenvalue weighted by Gasteiger charge is 2.18. The monoisotopic (exact) mass is 328 g/mol. The molecule has 0 spiro atoms. The number of allylic oxidation sites excluding steroid dienone is 1. The van der Waals surface area contributed by atoms with E-state index < -0.39 is 23.4 Å². The van der Waals surface area contributed by atoms with Gasteiger partial charge in [0.1, 0.15) is 5.75 Å². The predicted molar refractivity (Wildman–Crippen MR) is 78.3 cm³/mol. The topological polar surface area (TPSA) is 35.5 Å². The van der Waals surface area contributed by atoms with E-state index in [0.29, 0.717) is 18.6 Å². The second-order valence-electron chi connectivity index (χ2n) is 5.54. The molecule has 1 unspecified atom stereocenters. The zero-order chi connectivity index (χ0) is 16.8. The van der Waals surface area contributed by atoms with Gasteiger partial charge in [-0.2, -0.15) is 0 Å². The molecule has 3 nitrogen and oxygen atoms in total. The van der Waals surface area contributed by atoms with E-state index in [1.807, 2.05) is 0 Å². The first-order valence-corrected chi connectivity index (χ1v) is 7.68. The standard InChI is InChI=1S/C17H19F3O3/c1-2-3-11-4-5-12(22-10-11)6-7-16(21)23-13-8-14(18)17(20)15(19)9-13/h8-10,12H,2-7H2,1H3. The van der Waals surface area contributed by atoms with Gasteiger partial charge in [0, 0.05) is 18.6 Å². The van der Waals surface area contributed by atoms with Crippen LogP contribution in [0, 0.1) is 17.5 Å². The Morgan fingerprint density at radius 3 is 2.57 bits per heavy atom. The first-order chi connectivity index (χ1) is 11.0. The summed E-state index contributed by atoms with van der Waals surface area (Å²) in [7, 11) is 0. The van der Waals surface area contributed by atoms with Crippen molar-refractivity contribution in [3.8, 4) is 5.75 Å². The molecule has 6 heteroatoms. The number of hydrogen-bond donors (Lipinski definition) is 0. The first-order valence-electron chi connectivity index (χ1n) is 7.68. The van der Waals surface area contributed by atoms with E-state index in [-0.39, 0.29) is 18.3 Å². The zero-order valence-electron chi connectivity index (χ0n) is 12.9. The molecule has 126 valence electrons. The van der Waals surface area contributed by atoms with E-state index in [1.54, 1.807) is 6.26 Å². The van der Waals surface area contributed by atoms with Crippen LogP contribution in [0.3, 0.4) is 0 Å². The summed E-state index contributed by atoms with van der Waals surface area (Å²) in [6.07, 6.45) is 6.07. The average Bonchev–Trinajstić information content (AvgIpc) is 2.52. The lowest BCUT2D eigenvalue weighted by Gasteiger charge is -2.22. The van der Waals surface area contributed by atoms with Crippen molar-refractivity contribution in [3.63, 3.8) is 0 Å². The van der Waals surface area contributed by atoms with Gasteiger partial charge >= 0.3 is 5.97 Å². The molecule has 1 aromatic rings. The van der Waals surface area contributed by atoms with Crippen molar-refractivity contribution >= 4 is 5.97 Å². The Kier molecular flexibility index (Phi) is 6.07. The van der Waals surface area contributed by atoms with E-state index in [1.165, 1.54) is 5.57 Å². The molecule has 0 radical (unpaired) electrons. The maximum Gasteiger partial charge on any atom is 0.311 e. The van der Waals surface area contributed by atoms with E-state index in [4.69, 9.17) is 9.47 Å². The molecule has 2 rings (SSSR count). The Labute approximate surface area is 133 Å². The van der Waals surface area contributed by atoms with Crippen molar-refractivity contribution in [2.45, 2.75) is 51.6 Å². The smallest absolute Gasteiger partial charge is 0.311 e. The summed E-state index contributed by atoms with van der Waals surface area (Å²) in [5, 5.41) is 0. The molecule has 1 aliphatic heterocycles. The SMILES string of the molecule is CCCC1=COC(CCC(=O)Oc2cc(F)c(F)c(F)c2)CC1. The molecule has 0 bridgehead atoms. The summed E-state index contributed by atoms with van der Waals surface area (Å²) in [4.78, 5) is 11.7. The third-order valence-electron chi connectivity index (χ3n) is 3.65. The maximum atomic E-state index is 13.0. The van der Waals surface area contributed by atoms with Crippen LogP contribution < -0.4 is 4.74 Å². The van der Waals surface area contributed by atoms with E-state index in [2.05, 4.69) is 6.92 Å². The third-order valence-corrected chi connectivity index (χ3v) is 3.65. The van der Waals surface area contributed by atoms with Crippen molar-refractivity contribution in [2.75, 3.05) is 0 Å². The molecule has 1 aliphatic rings. The Morgan fingerprint density at radius 2 is 2.00 bits per heavy atom. The molecule has 1 atom stereocenters. The van der Waals surface area contributed by atoms with Crippen LogP contribution in [-0.2, 0) is 9.53 Å². The molecular formula is C17H19F3O3. The van der Waals surface area contributed by atoms with Gasteiger partial charge in [-0.25, -0.2) is 13.2 Å². The van der Waals surface area contributed by atoms with Crippen LogP contribution in [0.15, 0.2) is 24.0 Å². The second-order valence-corrected chi connectivity index (χ2v) is 5.54. The third kappa shape index (κ3) is 5.01. The van der Waals surface area contributed by atoms with E-state index >= 15 is 0 Å². The van der Waals surface area contributed by atoms with Crippen molar-refractivity contribution in [1.82, 2.24) is 0 Å². The second kappa shape index (κ2) is 8.04. The molecule has 0 N–H and O–H groups in total. The van der Waals surface area contributed by atoms with Gasteiger partial charge in [0.2, 0.25) is 0 Å². The molecule has 0 amide bonds. The van der Waals surface area contributed by atoms with Gasteiger partial charge in [-0.05, 0) is 31.3 Å². The molecule has 0 aliphatic carbocycles. The lowest BCUT2D eigenvalue weighted by Crippen LogP contribution is -2.18. The lowest BCUT2D eigenvalue weighted by atomic mass is 9.99. The van der Waals surface area contributed by atoms with Crippen LogP contribution in [0.5, 0.6) is 5.75 Å². The number of carbonyl (C=O) groups excluding carboxylic acids is 1. The normalized spacial score (nSPS) is 17.4. The number of benzene rings is 1. The minimum Gasteiger partial charge on any atom is -0.498 e. The van der Waals surface area contributed by atoms with Crippen molar-refractivity contribution < 1.29 is 27.4 Å². The van der Waals surface area contributed by atoms with E-state index in [0.717, 1.165) is 25.7 Å². The molecule has 0 saturated heterocycles. The minimum absolute atomic E-state index is 0.0578. The number of rotatable bonds is 6. The predicted octanol–water partition coefficient (Wildman–Crippen LogP) is 4.65. The first kappa shape index (κ1) is 17.4. The number of carbonyl (C=O) groups is 1. The van der Waals surface area contributed by atoms with Crippen LogP contribution in [0.25, 0.3) is 0 Å². The van der Waals surface area contributed by atoms with Gasteiger partial charge in [0.05, 0.1) is 12.4 Å². The highest BCUT2D eigenvalue weighted by Crippen LogP contribution is 2.24. The van der Waals surface area contributed by atoms with Crippen LogP contribution in [0.4, 0.5) is 13.2 Å². The highest BCUT2D eigenvalue weighted by atomic mass is 19.2. The molecule has 23 heavy (non-hydrogen) atoms. The quantitative estimate of drug-likeness (QED) is 0.433. The fourth-order valence-corrected chi connectivity index (χ4v) is 2.44. The molecular weight excluding hydrogens is 309 g/mol. The highest BCUT2D eigenvalue weighted by molar-refractivity contribution is 5.72. The Bertz CT molecular complexity index is 576. The van der Waals surface area contributed by atoms with Gasteiger partial charge in [0.15, 0.2) is 17.5 Å². The Hall–Kier alpha value is -1.98. The fraction of sp³-hybridized carbons (Fsp3) is 0.471. The van der Waals surface area contributed by atoms with Crippen LogP contribution in [-0.4, -0.2) is 12.1 Å². The minimum atomic E-state index is -1.59. The summed E-state index contributed by atoms with van der Waals surface area (Å²) >= 11 is 0. The Morgan fingerprint density at radius 1 is 1.30 bits per heavy atom. The molecule has 1 heterocycles. The van der Waals surface area contributed by atoms with Crippen molar-refractivity contribution in [1.29, 1.82) is 0 Å². The van der Waals surface area contributed by atoms with Crippen molar-refractivity contribution in [2.24, 2.45) is 0 Å².